The third-order valence-corrected chi connectivity index (χ3v) is 4.77. The van der Waals surface area contributed by atoms with E-state index in [0.717, 1.165) is 24.9 Å². The number of carbonyl (C=O) groups is 3. The Bertz CT molecular complexity index is 618. The van der Waals surface area contributed by atoms with Crippen molar-refractivity contribution in [3.05, 3.63) is 24.3 Å². The summed E-state index contributed by atoms with van der Waals surface area (Å²) in [5.74, 6) is -1.24. The van der Waals surface area contributed by atoms with Crippen LogP contribution in [0.5, 0.6) is 0 Å². The summed E-state index contributed by atoms with van der Waals surface area (Å²) in [5, 5.41) is 12.3. The summed E-state index contributed by atoms with van der Waals surface area (Å²) in [6.45, 7) is 1.48. The number of nitrogens with one attached hydrogen (secondary N) is 1. The predicted molar refractivity (Wildman–Crippen MR) is 91.9 cm³/mol. The molecule has 24 heavy (non-hydrogen) atoms. The summed E-state index contributed by atoms with van der Waals surface area (Å²) < 4.78 is 0. The Morgan fingerprint density at radius 2 is 1.71 bits per heavy atom. The van der Waals surface area contributed by atoms with Crippen LogP contribution in [0.1, 0.15) is 45.4 Å². The summed E-state index contributed by atoms with van der Waals surface area (Å²) >= 11 is 0. The average Bonchev–Trinajstić information content (AvgIpc) is 2.55. The largest absolute Gasteiger partial charge is 0.481 e. The van der Waals surface area contributed by atoms with E-state index in [9.17, 15) is 19.5 Å². The van der Waals surface area contributed by atoms with Gasteiger partial charge in [0, 0.05) is 31.8 Å². The molecule has 130 valence electrons. The summed E-state index contributed by atoms with van der Waals surface area (Å²) in [7, 11) is 1.68. The lowest BCUT2D eigenvalue weighted by atomic mass is 9.71. The maximum Gasteiger partial charge on any atom is 0.310 e. The van der Waals surface area contributed by atoms with Gasteiger partial charge in [0.15, 0.2) is 0 Å². The van der Waals surface area contributed by atoms with E-state index < -0.39 is 11.4 Å². The van der Waals surface area contributed by atoms with Gasteiger partial charge in [0.05, 0.1) is 5.41 Å². The highest BCUT2D eigenvalue weighted by Gasteiger charge is 2.41. The zero-order chi connectivity index (χ0) is 17.7. The molecule has 0 bridgehead atoms. The van der Waals surface area contributed by atoms with Gasteiger partial charge in [-0.05, 0) is 37.1 Å². The van der Waals surface area contributed by atoms with Gasteiger partial charge in [-0.15, -0.1) is 0 Å². The van der Waals surface area contributed by atoms with Gasteiger partial charge in [-0.25, -0.2) is 0 Å². The predicted octanol–water partition coefficient (Wildman–Crippen LogP) is 3.03. The number of aliphatic carboxylic acids is 1. The number of anilines is 2. The Labute approximate surface area is 141 Å². The number of nitrogens with zero attached hydrogens (tertiary/aromatic N) is 1. The van der Waals surface area contributed by atoms with Gasteiger partial charge in [-0.2, -0.15) is 0 Å². The average molecular weight is 332 g/mol. The van der Waals surface area contributed by atoms with E-state index in [2.05, 4.69) is 5.32 Å². The van der Waals surface area contributed by atoms with Crippen LogP contribution in [0.4, 0.5) is 11.4 Å². The fraction of sp³-hybridized carbons (Fsp3) is 0.500. The Balaban J connectivity index is 2.01. The Morgan fingerprint density at radius 1 is 1.12 bits per heavy atom. The van der Waals surface area contributed by atoms with Gasteiger partial charge in [-0.1, -0.05) is 19.3 Å². The second kappa shape index (κ2) is 7.47. The van der Waals surface area contributed by atoms with Gasteiger partial charge in [0.2, 0.25) is 11.8 Å². The molecule has 0 aliphatic heterocycles. The molecule has 2 amide bonds. The van der Waals surface area contributed by atoms with E-state index >= 15 is 0 Å². The highest BCUT2D eigenvalue weighted by Crippen LogP contribution is 2.39. The van der Waals surface area contributed by atoms with Crippen LogP contribution in [0.2, 0.25) is 0 Å². The molecule has 0 saturated heterocycles. The van der Waals surface area contributed by atoms with E-state index in [1.54, 1.807) is 31.3 Å². The molecular weight excluding hydrogens is 308 g/mol. The van der Waals surface area contributed by atoms with Crippen LogP contribution in [-0.2, 0) is 14.4 Å². The summed E-state index contributed by atoms with van der Waals surface area (Å²) in [6, 6.07) is 6.90. The van der Waals surface area contributed by atoms with Crippen molar-refractivity contribution in [2.45, 2.75) is 45.4 Å². The molecule has 0 unspecified atom stereocenters. The standard InChI is InChI=1S/C18H24N2O4/c1-13(21)20(2)15-8-6-14(7-9-15)19-16(22)12-18(17(23)24)10-4-3-5-11-18/h6-9H,3-5,10-12H2,1-2H3,(H,19,22)(H,23,24). The van der Waals surface area contributed by atoms with Crippen molar-refractivity contribution in [2.24, 2.45) is 5.41 Å². The van der Waals surface area contributed by atoms with Crippen LogP contribution in [0, 0.1) is 5.41 Å². The minimum atomic E-state index is -0.933. The minimum absolute atomic E-state index is 0.00255. The Kier molecular flexibility index (Phi) is 5.59. The second-order valence-corrected chi connectivity index (χ2v) is 6.50. The highest BCUT2D eigenvalue weighted by atomic mass is 16.4. The summed E-state index contributed by atoms with van der Waals surface area (Å²) in [4.78, 5) is 36.7. The van der Waals surface area contributed by atoms with Crippen LogP contribution in [0.25, 0.3) is 0 Å². The fourth-order valence-corrected chi connectivity index (χ4v) is 3.16. The SMILES string of the molecule is CC(=O)N(C)c1ccc(NC(=O)CC2(C(=O)O)CCCCC2)cc1. The molecular formula is C18H24N2O4. The lowest BCUT2D eigenvalue weighted by Crippen LogP contribution is -2.37. The molecule has 1 aliphatic carbocycles. The Morgan fingerprint density at radius 3 is 2.21 bits per heavy atom. The molecule has 2 N–H and O–H groups in total. The monoisotopic (exact) mass is 332 g/mol. The number of carboxylic acids is 1. The first-order valence-electron chi connectivity index (χ1n) is 8.22. The maximum atomic E-state index is 12.3. The van der Waals surface area contributed by atoms with Crippen LogP contribution in [0.3, 0.4) is 0 Å². The second-order valence-electron chi connectivity index (χ2n) is 6.50. The van der Waals surface area contributed by atoms with E-state index in [-0.39, 0.29) is 18.2 Å². The number of rotatable bonds is 5. The maximum absolute atomic E-state index is 12.3. The topological polar surface area (TPSA) is 86.7 Å². The molecule has 2 rings (SSSR count). The van der Waals surface area contributed by atoms with Gasteiger partial charge in [0.25, 0.3) is 0 Å². The van der Waals surface area contributed by atoms with Crippen molar-refractivity contribution in [1.29, 1.82) is 0 Å². The first-order chi connectivity index (χ1) is 11.3. The number of hydrogen-bond donors (Lipinski definition) is 2. The number of carbonyl (C=O) groups excluding carboxylic acids is 2. The smallest absolute Gasteiger partial charge is 0.310 e. The van der Waals surface area contributed by atoms with Crippen LogP contribution >= 0.6 is 0 Å². The van der Waals surface area contributed by atoms with Crippen molar-refractivity contribution < 1.29 is 19.5 Å². The van der Waals surface area contributed by atoms with E-state index in [4.69, 9.17) is 0 Å². The molecule has 1 fully saturated rings. The van der Waals surface area contributed by atoms with Gasteiger partial charge >= 0.3 is 5.97 Å². The molecule has 0 aromatic heterocycles. The molecule has 1 saturated carbocycles. The molecule has 0 spiro atoms. The molecule has 1 aromatic carbocycles. The lowest BCUT2D eigenvalue weighted by molar-refractivity contribution is -0.153. The van der Waals surface area contributed by atoms with Crippen molar-refractivity contribution >= 4 is 29.2 Å². The van der Waals surface area contributed by atoms with Gasteiger partial charge in [0.1, 0.15) is 0 Å². The normalized spacial score (nSPS) is 16.2. The van der Waals surface area contributed by atoms with Gasteiger partial charge in [-0.3, -0.25) is 14.4 Å². The first-order valence-corrected chi connectivity index (χ1v) is 8.22. The third kappa shape index (κ3) is 4.13. The van der Waals surface area contributed by atoms with E-state index in [1.165, 1.54) is 11.8 Å². The number of hydrogen-bond acceptors (Lipinski definition) is 3. The molecule has 0 radical (unpaired) electrons. The molecule has 0 atom stereocenters. The highest BCUT2D eigenvalue weighted by molar-refractivity contribution is 5.95. The fourth-order valence-electron chi connectivity index (χ4n) is 3.16. The molecule has 1 aromatic rings. The minimum Gasteiger partial charge on any atom is -0.481 e. The van der Waals surface area contributed by atoms with E-state index in [0.29, 0.717) is 18.5 Å². The van der Waals surface area contributed by atoms with Crippen molar-refractivity contribution in [3.63, 3.8) is 0 Å². The van der Waals surface area contributed by atoms with Crippen molar-refractivity contribution in [3.8, 4) is 0 Å². The van der Waals surface area contributed by atoms with Crippen LogP contribution in [0.15, 0.2) is 24.3 Å². The number of benzene rings is 1. The first kappa shape index (κ1) is 18.0. The molecule has 0 heterocycles. The summed E-state index contributed by atoms with van der Waals surface area (Å²) in [5.41, 5.74) is 0.392. The zero-order valence-corrected chi connectivity index (χ0v) is 14.2. The molecule has 6 nitrogen and oxygen atoms in total. The Hall–Kier alpha value is -2.37. The van der Waals surface area contributed by atoms with Crippen LogP contribution in [-0.4, -0.2) is 29.9 Å². The number of carboxylic acid groups (broad SMARTS) is 1. The van der Waals surface area contributed by atoms with Crippen LogP contribution < -0.4 is 10.2 Å². The molecule has 1 aliphatic rings. The lowest BCUT2D eigenvalue weighted by Gasteiger charge is -2.32. The van der Waals surface area contributed by atoms with E-state index in [1.807, 2.05) is 0 Å². The van der Waals surface area contributed by atoms with Crippen molar-refractivity contribution in [1.82, 2.24) is 0 Å². The van der Waals surface area contributed by atoms with Gasteiger partial charge < -0.3 is 15.3 Å². The third-order valence-electron chi connectivity index (χ3n) is 4.77. The molecule has 6 heteroatoms. The number of amides is 2. The summed E-state index contributed by atoms with van der Waals surface area (Å²) in [6.07, 6.45) is 3.84. The van der Waals surface area contributed by atoms with Crippen molar-refractivity contribution in [2.75, 3.05) is 17.3 Å². The zero-order valence-electron chi connectivity index (χ0n) is 14.2. The quantitative estimate of drug-likeness (QED) is 0.867.